The van der Waals surface area contributed by atoms with E-state index in [2.05, 4.69) is 10.1 Å². The van der Waals surface area contributed by atoms with Crippen molar-refractivity contribution in [3.63, 3.8) is 0 Å². The fourth-order valence-electron chi connectivity index (χ4n) is 2.84. The topological polar surface area (TPSA) is 93.5 Å². The lowest BCUT2D eigenvalue weighted by Gasteiger charge is -2.28. The van der Waals surface area contributed by atoms with Crippen LogP contribution in [0.1, 0.15) is 30.9 Å². The summed E-state index contributed by atoms with van der Waals surface area (Å²) < 4.78 is 33.5. The third kappa shape index (κ3) is 3.74. The Bertz CT molecular complexity index is 593. The lowest BCUT2D eigenvalue weighted by molar-refractivity contribution is 0.0173. The van der Waals surface area contributed by atoms with Gasteiger partial charge in [-0.3, -0.25) is 5.84 Å². The van der Waals surface area contributed by atoms with Crippen molar-refractivity contribution in [1.29, 1.82) is 0 Å². The highest BCUT2D eigenvalue weighted by atomic mass is 32.2. The van der Waals surface area contributed by atoms with Gasteiger partial charge in [-0.2, -0.15) is 0 Å². The van der Waals surface area contributed by atoms with E-state index >= 15 is 0 Å². The molecule has 2 rings (SSSR count). The Labute approximate surface area is 126 Å². The molecule has 1 saturated heterocycles. The van der Waals surface area contributed by atoms with Crippen LogP contribution in [0.25, 0.3) is 0 Å². The normalized spacial score (nSPS) is 23.0. The number of hydrazine groups is 1. The molecule has 1 aliphatic heterocycles. The summed E-state index contributed by atoms with van der Waals surface area (Å²) in [7, 11) is -3.54. The van der Waals surface area contributed by atoms with Gasteiger partial charge in [-0.1, -0.05) is 0 Å². The number of nitrogens with two attached hydrogens (primary N) is 1. The molecule has 2 atom stereocenters. The van der Waals surface area contributed by atoms with Gasteiger partial charge in [0.05, 0.1) is 11.0 Å². The number of hydrogen-bond donors (Lipinski definition) is 3. The van der Waals surface area contributed by atoms with E-state index < -0.39 is 10.0 Å². The van der Waals surface area contributed by atoms with Gasteiger partial charge in [0, 0.05) is 18.3 Å². The van der Waals surface area contributed by atoms with Crippen LogP contribution in [0.15, 0.2) is 17.0 Å². The predicted molar refractivity (Wildman–Crippen MR) is 82.5 cm³/mol. The highest BCUT2D eigenvalue weighted by Gasteiger charge is 2.27. The Morgan fingerprint density at radius 2 is 1.90 bits per heavy atom. The molecule has 4 N–H and O–H groups in total. The van der Waals surface area contributed by atoms with Crippen molar-refractivity contribution in [1.82, 2.24) is 4.72 Å². The number of anilines is 1. The zero-order valence-electron chi connectivity index (χ0n) is 12.6. The first-order chi connectivity index (χ1) is 9.83. The number of hydrogen-bond acceptors (Lipinski definition) is 5. The summed E-state index contributed by atoms with van der Waals surface area (Å²) in [5, 5.41) is 0. The molecular formula is C14H23N3O3S. The van der Waals surface area contributed by atoms with Gasteiger partial charge in [0.1, 0.15) is 0 Å². The van der Waals surface area contributed by atoms with Crippen molar-refractivity contribution in [3.05, 3.63) is 23.3 Å². The molecule has 0 aliphatic carbocycles. The predicted octanol–water partition coefficient (Wildman–Crippen LogP) is 1.43. The van der Waals surface area contributed by atoms with Gasteiger partial charge in [-0.05, 0) is 56.9 Å². The van der Waals surface area contributed by atoms with Crippen LogP contribution in [-0.4, -0.2) is 27.2 Å². The number of rotatable bonds is 4. The van der Waals surface area contributed by atoms with E-state index in [1.165, 1.54) is 0 Å². The minimum Gasteiger partial charge on any atom is -0.378 e. The van der Waals surface area contributed by atoms with Crippen molar-refractivity contribution >= 4 is 15.7 Å². The van der Waals surface area contributed by atoms with Crippen LogP contribution in [0, 0.1) is 13.8 Å². The SMILES string of the molecule is Cc1cc(NN)cc(C)c1S(=O)(=O)NC1CCOC(C)C1. The first-order valence-corrected chi connectivity index (χ1v) is 8.53. The van der Waals surface area contributed by atoms with E-state index in [4.69, 9.17) is 10.6 Å². The Hall–Kier alpha value is -1.15. The van der Waals surface area contributed by atoms with Gasteiger partial charge in [0.25, 0.3) is 0 Å². The van der Waals surface area contributed by atoms with Crippen molar-refractivity contribution in [2.75, 3.05) is 12.0 Å². The maximum atomic E-state index is 12.6. The molecule has 6 nitrogen and oxygen atoms in total. The molecule has 0 amide bonds. The Morgan fingerprint density at radius 1 is 1.29 bits per heavy atom. The van der Waals surface area contributed by atoms with Crippen LogP contribution >= 0.6 is 0 Å². The minimum absolute atomic E-state index is 0.0788. The molecule has 1 aliphatic rings. The first kappa shape index (κ1) is 16.2. The summed E-state index contributed by atoms with van der Waals surface area (Å²) in [4.78, 5) is 0.334. The van der Waals surface area contributed by atoms with Crippen molar-refractivity contribution in [3.8, 4) is 0 Å². The second-order valence-electron chi connectivity index (χ2n) is 5.61. The lowest BCUT2D eigenvalue weighted by Crippen LogP contribution is -2.41. The van der Waals surface area contributed by atoms with Gasteiger partial charge in [0.15, 0.2) is 0 Å². The highest BCUT2D eigenvalue weighted by molar-refractivity contribution is 7.89. The number of benzene rings is 1. The Balaban J connectivity index is 2.27. The largest absolute Gasteiger partial charge is 0.378 e. The molecular weight excluding hydrogens is 290 g/mol. The second-order valence-corrected chi connectivity index (χ2v) is 7.26. The van der Waals surface area contributed by atoms with Crippen LogP contribution in [0.4, 0.5) is 5.69 Å². The standard InChI is InChI=1S/C14H23N3O3S/c1-9-6-13(16-15)7-10(2)14(9)21(18,19)17-12-4-5-20-11(3)8-12/h6-7,11-12,16-17H,4-5,8,15H2,1-3H3. The molecule has 0 saturated carbocycles. The molecule has 0 bridgehead atoms. The molecule has 2 unspecified atom stereocenters. The van der Waals surface area contributed by atoms with Crippen LogP contribution < -0.4 is 16.0 Å². The summed E-state index contributed by atoms with van der Waals surface area (Å²) >= 11 is 0. The second kappa shape index (κ2) is 6.31. The Morgan fingerprint density at radius 3 is 2.43 bits per heavy atom. The summed E-state index contributed by atoms with van der Waals surface area (Å²) in [6, 6.07) is 3.38. The molecule has 1 aromatic carbocycles. The van der Waals surface area contributed by atoms with Crippen LogP contribution in [-0.2, 0) is 14.8 Å². The number of aryl methyl sites for hydroxylation is 2. The number of nitrogens with one attached hydrogen (secondary N) is 2. The highest BCUT2D eigenvalue weighted by Crippen LogP contribution is 2.25. The minimum atomic E-state index is -3.54. The molecule has 1 aromatic rings. The molecule has 7 heteroatoms. The molecule has 0 radical (unpaired) electrons. The van der Waals surface area contributed by atoms with Crippen LogP contribution in [0.5, 0.6) is 0 Å². The molecule has 21 heavy (non-hydrogen) atoms. The van der Waals surface area contributed by atoms with Crippen LogP contribution in [0.2, 0.25) is 0 Å². The van der Waals surface area contributed by atoms with Gasteiger partial charge in [-0.15, -0.1) is 0 Å². The maximum absolute atomic E-state index is 12.6. The summed E-state index contributed by atoms with van der Waals surface area (Å²) in [5.41, 5.74) is 4.59. The fourth-order valence-corrected chi connectivity index (χ4v) is 4.58. The van der Waals surface area contributed by atoms with Crippen molar-refractivity contribution in [2.24, 2.45) is 5.84 Å². The Kier molecular flexibility index (Phi) is 4.88. The monoisotopic (exact) mass is 313 g/mol. The maximum Gasteiger partial charge on any atom is 0.241 e. The van der Waals surface area contributed by atoms with E-state index in [-0.39, 0.29) is 12.1 Å². The zero-order valence-corrected chi connectivity index (χ0v) is 13.5. The van der Waals surface area contributed by atoms with E-state index in [9.17, 15) is 8.42 Å². The molecule has 118 valence electrons. The summed E-state index contributed by atoms with van der Waals surface area (Å²) in [6.07, 6.45) is 1.47. The average Bonchev–Trinajstić information content (AvgIpc) is 2.36. The quantitative estimate of drug-likeness (QED) is 0.577. The van der Waals surface area contributed by atoms with E-state index in [1.807, 2.05) is 6.92 Å². The van der Waals surface area contributed by atoms with Crippen molar-refractivity contribution < 1.29 is 13.2 Å². The van der Waals surface area contributed by atoms with E-state index in [0.29, 0.717) is 41.2 Å². The average molecular weight is 313 g/mol. The smallest absolute Gasteiger partial charge is 0.241 e. The summed E-state index contributed by atoms with van der Waals surface area (Å²) in [5.74, 6) is 5.38. The van der Waals surface area contributed by atoms with Gasteiger partial charge >= 0.3 is 0 Å². The van der Waals surface area contributed by atoms with Gasteiger partial charge < -0.3 is 10.2 Å². The van der Waals surface area contributed by atoms with Crippen molar-refractivity contribution in [2.45, 2.75) is 50.7 Å². The van der Waals surface area contributed by atoms with E-state index in [0.717, 1.165) is 0 Å². The number of nitrogen functional groups attached to an aromatic ring is 1. The van der Waals surface area contributed by atoms with Gasteiger partial charge in [-0.25, -0.2) is 13.1 Å². The molecule has 1 heterocycles. The third-order valence-electron chi connectivity index (χ3n) is 3.70. The summed E-state index contributed by atoms with van der Waals surface area (Å²) in [6.45, 7) is 6.09. The number of ether oxygens (including phenoxy) is 1. The van der Waals surface area contributed by atoms with Gasteiger partial charge in [0.2, 0.25) is 10.0 Å². The molecule has 0 aromatic heterocycles. The lowest BCUT2D eigenvalue weighted by atomic mass is 10.1. The van der Waals surface area contributed by atoms with E-state index in [1.54, 1.807) is 26.0 Å². The molecule has 1 fully saturated rings. The van der Waals surface area contributed by atoms with Crippen LogP contribution in [0.3, 0.4) is 0 Å². The fraction of sp³-hybridized carbons (Fsp3) is 0.571. The first-order valence-electron chi connectivity index (χ1n) is 7.05. The zero-order chi connectivity index (χ0) is 15.6. The molecule has 0 spiro atoms. The number of sulfonamides is 1. The third-order valence-corrected chi connectivity index (χ3v) is 5.53.